The van der Waals surface area contributed by atoms with Crippen molar-refractivity contribution in [2.75, 3.05) is 0 Å². The van der Waals surface area contributed by atoms with Crippen molar-refractivity contribution < 1.29 is 4.43 Å². The second-order valence-corrected chi connectivity index (χ2v) is 12.2. The molecule has 0 saturated carbocycles. The van der Waals surface area contributed by atoms with Crippen LogP contribution in [0.25, 0.3) is 43.1 Å². The van der Waals surface area contributed by atoms with Crippen LogP contribution in [0.4, 0.5) is 0 Å². The lowest BCUT2D eigenvalue weighted by Crippen LogP contribution is -2.29. The van der Waals surface area contributed by atoms with E-state index in [2.05, 4.69) is 86.4 Å². The molecule has 25 heavy (non-hydrogen) atoms. The molecule has 2 heteroatoms. The number of fused-ring (bicyclic) bond motifs is 2. The van der Waals surface area contributed by atoms with Gasteiger partial charge in [0.15, 0.2) is 0 Å². The molecule has 0 heterocycles. The van der Waals surface area contributed by atoms with Crippen LogP contribution >= 0.6 is 0 Å². The van der Waals surface area contributed by atoms with Crippen LogP contribution in [-0.4, -0.2) is 8.32 Å². The molecule has 0 atom stereocenters. The Balaban J connectivity index is 1.98. The Kier molecular flexibility index (Phi) is 2.92. The van der Waals surface area contributed by atoms with Crippen LogP contribution in [0, 0.1) is 0 Å². The Morgan fingerprint density at radius 1 is 0.600 bits per heavy atom. The summed E-state index contributed by atoms with van der Waals surface area (Å²) in [7, 11) is -1.66. The topological polar surface area (TPSA) is 9.23 Å². The van der Waals surface area contributed by atoms with Gasteiger partial charge in [0.1, 0.15) is 5.75 Å². The molecular formula is C23H20OSi. The molecule has 0 saturated heterocycles. The van der Waals surface area contributed by atoms with Crippen molar-refractivity contribution in [2.24, 2.45) is 0 Å². The third-order valence-electron chi connectivity index (χ3n) is 4.88. The minimum Gasteiger partial charge on any atom is -0.544 e. The van der Waals surface area contributed by atoms with Crippen molar-refractivity contribution in [2.45, 2.75) is 19.6 Å². The van der Waals surface area contributed by atoms with Crippen molar-refractivity contribution in [3.05, 3.63) is 66.7 Å². The van der Waals surface area contributed by atoms with Gasteiger partial charge in [-0.15, -0.1) is 0 Å². The standard InChI is InChI=1S/C23H20OSi/c1-25(2,3)24-21-13-10-15-8-9-17-14-16-6-4-5-7-18(16)19-11-12-20(21)22(15)23(17)19/h4-14H,1-3H3. The highest BCUT2D eigenvalue weighted by atomic mass is 28.4. The molecule has 0 N–H and O–H groups in total. The van der Waals surface area contributed by atoms with E-state index in [1.54, 1.807) is 0 Å². The van der Waals surface area contributed by atoms with Gasteiger partial charge in [-0.1, -0.05) is 54.6 Å². The zero-order chi connectivity index (χ0) is 17.2. The van der Waals surface area contributed by atoms with E-state index in [1.807, 2.05) is 0 Å². The van der Waals surface area contributed by atoms with Crippen molar-refractivity contribution >= 4 is 51.4 Å². The fraction of sp³-hybridized carbons (Fsp3) is 0.130. The smallest absolute Gasteiger partial charge is 0.242 e. The number of hydrogen-bond acceptors (Lipinski definition) is 1. The quantitative estimate of drug-likeness (QED) is 0.192. The van der Waals surface area contributed by atoms with E-state index in [0.717, 1.165) is 5.75 Å². The van der Waals surface area contributed by atoms with Gasteiger partial charge in [0.2, 0.25) is 8.32 Å². The lowest BCUT2D eigenvalue weighted by atomic mass is 9.91. The lowest BCUT2D eigenvalue weighted by molar-refractivity contribution is 0.564. The third kappa shape index (κ3) is 2.21. The summed E-state index contributed by atoms with van der Waals surface area (Å²) >= 11 is 0. The molecule has 5 aromatic carbocycles. The summed E-state index contributed by atoms with van der Waals surface area (Å²) in [6.45, 7) is 6.70. The molecule has 0 aliphatic rings. The number of hydrogen-bond donors (Lipinski definition) is 0. The Labute approximate surface area is 148 Å². The zero-order valence-electron chi connectivity index (χ0n) is 14.8. The minimum atomic E-state index is -1.66. The summed E-state index contributed by atoms with van der Waals surface area (Å²) in [6.07, 6.45) is 0. The van der Waals surface area contributed by atoms with Crippen LogP contribution in [-0.2, 0) is 0 Å². The molecule has 0 amide bonds. The van der Waals surface area contributed by atoms with Crippen molar-refractivity contribution in [1.29, 1.82) is 0 Å². The summed E-state index contributed by atoms with van der Waals surface area (Å²) in [6, 6.07) is 24.3. The monoisotopic (exact) mass is 340 g/mol. The van der Waals surface area contributed by atoms with Crippen LogP contribution in [0.2, 0.25) is 19.6 Å². The maximum Gasteiger partial charge on any atom is 0.242 e. The van der Waals surface area contributed by atoms with Crippen LogP contribution in [0.5, 0.6) is 5.75 Å². The molecule has 0 unspecified atom stereocenters. The molecule has 0 aliphatic carbocycles. The van der Waals surface area contributed by atoms with E-state index >= 15 is 0 Å². The normalized spacial score (nSPS) is 12.6. The molecule has 5 aromatic rings. The second kappa shape index (κ2) is 4.96. The van der Waals surface area contributed by atoms with Crippen LogP contribution in [0.15, 0.2) is 66.7 Å². The maximum absolute atomic E-state index is 6.39. The van der Waals surface area contributed by atoms with Gasteiger partial charge in [-0.2, -0.15) is 0 Å². The van der Waals surface area contributed by atoms with Gasteiger partial charge >= 0.3 is 0 Å². The first kappa shape index (κ1) is 14.7. The van der Waals surface area contributed by atoms with Gasteiger partial charge in [-0.05, 0) is 64.1 Å². The second-order valence-electron chi connectivity index (χ2n) is 7.80. The molecule has 122 valence electrons. The lowest BCUT2D eigenvalue weighted by Gasteiger charge is -2.22. The number of rotatable bonds is 2. The predicted octanol–water partition coefficient (Wildman–Crippen LogP) is 6.95. The van der Waals surface area contributed by atoms with E-state index in [4.69, 9.17) is 4.43 Å². The van der Waals surface area contributed by atoms with Crippen LogP contribution < -0.4 is 4.43 Å². The van der Waals surface area contributed by atoms with Gasteiger partial charge in [-0.3, -0.25) is 0 Å². The van der Waals surface area contributed by atoms with Gasteiger partial charge in [0, 0.05) is 10.8 Å². The van der Waals surface area contributed by atoms with Crippen molar-refractivity contribution in [1.82, 2.24) is 0 Å². The van der Waals surface area contributed by atoms with Crippen molar-refractivity contribution in [3.63, 3.8) is 0 Å². The molecule has 5 rings (SSSR count). The van der Waals surface area contributed by atoms with Gasteiger partial charge in [0.05, 0.1) is 0 Å². The first-order chi connectivity index (χ1) is 12.0. The predicted molar refractivity (Wildman–Crippen MR) is 112 cm³/mol. The van der Waals surface area contributed by atoms with E-state index in [0.29, 0.717) is 0 Å². The summed E-state index contributed by atoms with van der Waals surface area (Å²) in [5, 5.41) is 10.5. The third-order valence-corrected chi connectivity index (χ3v) is 5.72. The van der Waals surface area contributed by atoms with Gasteiger partial charge < -0.3 is 4.43 Å². The summed E-state index contributed by atoms with van der Waals surface area (Å²) in [4.78, 5) is 0. The van der Waals surface area contributed by atoms with Crippen LogP contribution in [0.1, 0.15) is 0 Å². The molecule has 0 spiro atoms. The summed E-state index contributed by atoms with van der Waals surface area (Å²) in [5.74, 6) is 1.02. The zero-order valence-corrected chi connectivity index (χ0v) is 15.8. The summed E-state index contributed by atoms with van der Waals surface area (Å²) in [5.41, 5.74) is 0. The Hall–Kier alpha value is -2.58. The Morgan fingerprint density at radius 3 is 2.12 bits per heavy atom. The average Bonchev–Trinajstić information content (AvgIpc) is 2.59. The molecule has 0 radical (unpaired) electrons. The number of benzene rings is 5. The van der Waals surface area contributed by atoms with Gasteiger partial charge in [0.25, 0.3) is 0 Å². The van der Waals surface area contributed by atoms with Crippen LogP contribution in [0.3, 0.4) is 0 Å². The molecular weight excluding hydrogens is 320 g/mol. The highest BCUT2D eigenvalue weighted by molar-refractivity contribution is 6.70. The molecule has 0 aliphatic heterocycles. The maximum atomic E-state index is 6.39. The van der Waals surface area contributed by atoms with Crippen molar-refractivity contribution in [3.8, 4) is 5.75 Å². The highest BCUT2D eigenvalue weighted by Crippen LogP contribution is 2.41. The van der Waals surface area contributed by atoms with Gasteiger partial charge in [-0.25, -0.2) is 0 Å². The fourth-order valence-corrected chi connectivity index (χ4v) is 4.79. The SMILES string of the molecule is C[Si](C)(C)Oc1ccc2ccc3cc4ccccc4c4ccc1c2c34. The first-order valence-corrected chi connectivity index (χ1v) is 12.2. The average molecular weight is 340 g/mol. The van der Waals surface area contributed by atoms with E-state index in [9.17, 15) is 0 Å². The highest BCUT2D eigenvalue weighted by Gasteiger charge is 2.19. The molecule has 1 nitrogen and oxygen atoms in total. The molecule has 0 bridgehead atoms. The Bertz CT molecular complexity index is 1250. The molecule has 0 fully saturated rings. The Morgan fingerprint density at radius 2 is 1.28 bits per heavy atom. The van der Waals surface area contributed by atoms with E-state index < -0.39 is 8.32 Å². The largest absolute Gasteiger partial charge is 0.544 e. The first-order valence-electron chi connectivity index (χ1n) is 8.79. The summed E-state index contributed by atoms with van der Waals surface area (Å²) < 4.78 is 6.39. The molecule has 0 aromatic heterocycles. The fourth-order valence-electron chi connectivity index (χ4n) is 3.95. The minimum absolute atomic E-state index is 1.02. The van der Waals surface area contributed by atoms with E-state index in [-0.39, 0.29) is 0 Å². The van der Waals surface area contributed by atoms with E-state index in [1.165, 1.54) is 43.1 Å².